The number of aryl methyl sites for hydroxylation is 1. The van der Waals surface area contributed by atoms with Gasteiger partial charge in [-0.15, -0.1) is 0 Å². The van der Waals surface area contributed by atoms with Gasteiger partial charge in [-0.1, -0.05) is 17.7 Å². The van der Waals surface area contributed by atoms with Crippen molar-refractivity contribution < 1.29 is 10.2 Å². The standard InChI is InChI=1S/C13H19NO2/c1-10-4-5-13(16)11(7-10)8-14-6-2-3-12(15)9-14/h4-5,7,12,15-16H,2-3,6,8-9H2,1H3. The second-order valence-electron chi connectivity index (χ2n) is 4.66. The highest BCUT2D eigenvalue weighted by Gasteiger charge is 2.18. The van der Waals surface area contributed by atoms with E-state index >= 15 is 0 Å². The van der Waals surface area contributed by atoms with Gasteiger partial charge in [-0.2, -0.15) is 0 Å². The third kappa shape index (κ3) is 2.74. The van der Waals surface area contributed by atoms with Crippen molar-refractivity contribution in [2.24, 2.45) is 0 Å². The van der Waals surface area contributed by atoms with E-state index in [-0.39, 0.29) is 6.10 Å². The minimum atomic E-state index is -0.208. The summed E-state index contributed by atoms with van der Waals surface area (Å²) >= 11 is 0. The summed E-state index contributed by atoms with van der Waals surface area (Å²) in [6.07, 6.45) is 1.73. The van der Waals surface area contributed by atoms with E-state index in [4.69, 9.17) is 0 Å². The van der Waals surface area contributed by atoms with Gasteiger partial charge in [-0.05, 0) is 32.4 Å². The van der Waals surface area contributed by atoms with E-state index in [1.807, 2.05) is 19.1 Å². The predicted molar refractivity (Wildman–Crippen MR) is 63.4 cm³/mol. The number of phenolic OH excluding ortho intramolecular Hbond substituents is 1. The molecule has 2 N–H and O–H groups in total. The summed E-state index contributed by atoms with van der Waals surface area (Å²) in [6.45, 7) is 4.47. The van der Waals surface area contributed by atoms with Gasteiger partial charge in [0.25, 0.3) is 0 Å². The summed E-state index contributed by atoms with van der Waals surface area (Å²) in [6, 6.07) is 5.66. The number of hydrogen-bond acceptors (Lipinski definition) is 3. The van der Waals surface area contributed by atoms with Gasteiger partial charge in [0, 0.05) is 18.7 Å². The number of benzene rings is 1. The summed E-state index contributed by atoms with van der Waals surface area (Å²) in [5.74, 6) is 0.352. The summed E-state index contributed by atoms with van der Waals surface area (Å²) in [7, 11) is 0. The van der Waals surface area contributed by atoms with Crippen molar-refractivity contribution in [3.05, 3.63) is 29.3 Å². The molecule has 1 saturated heterocycles. The Labute approximate surface area is 96.3 Å². The highest BCUT2D eigenvalue weighted by molar-refractivity contribution is 5.35. The SMILES string of the molecule is Cc1ccc(O)c(CN2CCCC(O)C2)c1. The molecule has 1 aliphatic rings. The van der Waals surface area contributed by atoms with Crippen molar-refractivity contribution in [3.63, 3.8) is 0 Å². The fourth-order valence-corrected chi connectivity index (χ4v) is 2.26. The number of rotatable bonds is 2. The van der Waals surface area contributed by atoms with Crippen LogP contribution in [0.15, 0.2) is 18.2 Å². The predicted octanol–water partition coefficient (Wildman–Crippen LogP) is 1.66. The van der Waals surface area contributed by atoms with E-state index in [1.54, 1.807) is 6.07 Å². The van der Waals surface area contributed by atoms with Crippen molar-refractivity contribution in [1.82, 2.24) is 4.90 Å². The van der Waals surface area contributed by atoms with Gasteiger partial charge in [-0.25, -0.2) is 0 Å². The lowest BCUT2D eigenvalue weighted by Crippen LogP contribution is -2.37. The Kier molecular flexibility index (Phi) is 3.46. The highest BCUT2D eigenvalue weighted by atomic mass is 16.3. The van der Waals surface area contributed by atoms with E-state index in [9.17, 15) is 10.2 Å². The van der Waals surface area contributed by atoms with Gasteiger partial charge < -0.3 is 10.2 Å². The van der Waals surface area contributed by atoms with E-state index < -0.39 is 0 Å². The van der Waals surface area contributed by atoms with Crippen LogP contribution in [0.4, 0.5) is 0 Å². The summed E-state index contributed by atoms with van der Waals surface area (Å²) in [5.41, 5.74) is 2.11. The molecule has 1 aromatic carbocycles. The number of aromatic hydroxyl groups is 1. The number of likely N-dealkylation sites (tertiary alicyclic amines) is 1. The molecule has 0 saturated carbocycles. The number of nitrogens with zero attached hydrogens (tertiary/aromatic N) is 1. The minimum absolute atomic E-state index is 0.208. The Bertz CT molecular complexity index is 365. The molecular formula is C13H19NO2. The van der Waals surface area contributed by atoms with E-state index in [1.165, 1.54) is 0 Å². The van der Waals surface area contributed by atoms with Crippen LogP contribution in [0.1, 0.15) is 24.0 Å². The Balaban J connectivity index is 2.05. The Morgan fingerprint density at radius 3 is 3.00 bits per heavy atom. The van der Waals surface area contributed by atoms with Crippen LogP contribution in [0.5, 0.6) is 5.75 Å². The minimum Gasteiger partial charge on any atom is -0.508 e. The van der Waals surface area contributed by atoms with Crippen molar-refractivity contribution >= 4 is 0 Å². The number of phenols is 1. The molecule has 0 radical (unpaired) electrons. The lowest BCUT2D eigenvalue weighted by Gasteiger charge is -2.30. The summed E-state index contributed by atoms with van der Waals surface area (Å²) in [5, 5.41) is 19.3. The summed E-state index contributed by atoms with van der Waals surface area (Å²) in [4.78, 5) is 2.20. The zero-order valence-corrected chi connectivity index (χ0v) is 9.69. The van der Waals surface area contributed by atoms with Crippen molar-refractivity contribution in [2.75, 3.05) is 13.1 Å². The van der Waals surface area contributed by atoms with Gasteiger partial charge in [-0.3, -0.25) is 4.90 Å². The maximum atomic E-state index is 9.74. The number of aliphatic hydroxyl groups excluding tert-OH is 1. The molecule has 0 spiro atoms. The molecule has 0 aliphatic carbocycles. The summed E-state index contributed by atoms with van der Waals surface area (Å²) < 4.78 is 0. The first-order valence-electron chi connectivity index (χ1n) is 5.84. The molecule has 1 aliphatic heterocycles. The molecule has 1 unspecified atom stereocenters. The maximum absolute atomic E-state index is 9.74. The number of β-amino-alcohol motifs (C(OH)–C–C–N with tert-alkyl or cyclic N) is 1. The molecule has 1 aromatic rings. The van der Waals surface area contributed by atoms with Crippen LogP contribution in [-0.4, -0.2) is 34.3 Å². The van der Waals surface area contributed by atoms with Gasteiger partial charge in [0.1, 0.15) is 5.75 Å². The van der Waals surface area contributed by atoms with Gasteiger partial charge in [0.15, 0.2) is 0 Å². The van der Waals surface area contributed by atoms with Crippen LogP contribution in [0.25, 0.3) is 0 Å². The lowest BCUT2D eigenvalue weighted by molar-refractivity contribution is 0.0664. The fraction of sp³-hybridized carbons (Fsp3) is 0.538. The normalized spacial score (nSPS) is 22.2. The van der Waals surface area contributed by atoms with Crippen LogP contribution >= 0.6 is 0 Å². The quantitative estimate of drug-likeness (QED) is 0.798. The molecule has 1 heterocycles. The second-order valence-corrected chi connectivity index (χ2v) is 4.66. The van der Waals surface area contributed by atoms with Crippen LogP contribution in [0, 0.1) is 6.92 Å². The Morgan fingerprint density at radius 1 is 1.44 bits per heavy atom. The first-order valence-corrected chi connectivity index (χ1v) is 5.84. The molecule has 88 valence electrons. The average Bonchev–Trinajstić information content (AvgIpc) is 2.24. The first-order chi connectivity index (χ1) is 7.65. The third-order valence-corrected chi connectivity index (χ3v) is 3.11. The molecule has 3 nitrogen and oxygen atoms in total. The molecule has 1 fully saturated rings. The van der Waals surface area contributed by atoms with Crippen LogP contribution in [0.3, 0.4) is 0 Å². The molecule has 2 rings (SSSR count). The van der Waals surface area contributed by atoms with Gasteiger partial charge >= 0.3 is 0 Å². The van der Waals surface area contributed by atoms with E-state index in [0.717, 1.165) is 37.1 Å². The third-order valence-electron chi connectivity index (χ3n) is 3.11. The topological polar surface area (TPSA) is 43.7 Å². The van der Waals surface area contributed by atoms with E-state index in [0.29, 0.717) is 12.3 Å². The molecule has 1 atom stereocenters. The average molecular weight is 221 g/mol. The van der Waals surface area contributed by atoms with Gasteiger partial charge in [0.2, 0.25) is 0 Å². The first kappa shape index (κ1) is 11.4. The molecule has 0 bridgehead atoms. The van der Waals surface area contributed by atoms with Crippen molar-refractivity contribution in [1.29, 1.82) is 0 Å². The Morgan fingerprint density at radius 2 is 2.25 bits per heavy atom. The van der Waals surface area contributed by atoms with Crippen LogP contribution in [-0.2, 0) is 6.54 Å². The van der Waals surface area contributed by atoms with Crippen LogP contribution in [0.2, 0.25) is 0 Å². The molecule has 0 aromatic heterocycles. The molecule has 16 heavy (non-hydrogen) atoms. The smallest absolute Gasteiger partial charge is 0.120 e. The lowest BCUT2D eigenvalue weighted by atomic mass is 10.1. The largest absolute Gasteiger partial charge is 0.508 e. The monoisotopic (exact) mass is 221 g/mol. The maximum Gasteiger partial charge on any atom is 0.120 e. The fourth-order valence-electron chi connectivity index (χ4n) is 2.26. The zero-order chi connectivity index (χ0) is 11.5. The number of piperidine rings is 1. The molecule has 0 amide bonds. The number of aliphatic hydroxyl groups is 1. The van der Waals surface area contributed by atoms with E-state index in [2.05, 4.69) is 4.90 Å². The second kappa shape index (κ2) is 4.85. The van der Waals surface area contributed by atoms with Crippen LogP contribution < -0.4 is 0 Å². The highest BCUT2D eigenvalue weighted by Crippen LogP contribution is 2.21. The van der Waals surface area contributed by atoms with Crippen molar-refractivity contribution in [3.8, 4) is 5.75 Å². The Hall–Kier alpha value is -1.06. The van der Waals surface area contributed by atoms with Crippen molar-refractivity contribution in [2.45, 2.75) is 32.4 Å². The molecule has 3 heteroatoms. The molecular weight excluding hydrogens is 202 g/mol. The van der Waals surface area contributed by atoms with Gasteiger partial charge in [0.05, 0.1) is 6.10 Å². The zero-order valence-electron chi connectivity index (χ0n) is 9.69. The number of hydrogen-bond donors (Lipinski definition) is 2.